The van der Waals surface area contributed by atoms with E-state index in [0.29, 0.717) is 32.6 Å². The Morgan fingerprint density at radius 3 is 2.79 bits per heavy atom. The Bertz CT molecular complexity index is 586. The number of alkyl halides is 2. The summed E-state index contributed by atoms with van der Waals surface area (Å²) in [5.74, 6) is -2.07. The SMILES string of the molecule is FC(F)Sc1ccccc1Nc1nc(Cl)ncc1Br. The highest BCUT2D eigenvalue weighted by Gasteiger charge is 2.11. The Labute approximate surface area is 125 Å². The van der Waals surface area contributed by atoms with Gasteiger partial charge in [0.25, 0.3) is 5.76 Å². The van der Waals surface area contributed by atoms with Gasteiger partial charge in [-0.25, -0.2) is 4.98 Å². The van der Waals surface area contributed by atoms with Gasteiger partial charge >= 0.3 is 0 Å². The van der Waals surface area contributed by atoms with Crippen LogP contribution >= 0.6 is 39.3 Å². The van der Waals surface area contributed by atoms with E-state index in [0.717, 1.165) is 0 Å². The van der Waals surface area contributed by atoms with Crippen molar-refractivity contribution in [3.8, 4) is 0 Å². The topological polar surface area (TPSA) is 37.8 Å². The molecule has 0 amide bonds. The monoisotopic (exact) mass is 365 g/mol. The summed E-state index contributed by atoms with van der Waals surface area (Å²) in [5.41, 5.74) is 0.531. The smallest absolute Gasteiger partial charge is 0.288 e. The Morgan fingerprint density at radius 2 is 2.05 bits per heavy atom. The molecule has 0 radical (unpaired) electrons. The molecule has 0 aliphatic rings. The van der Waals surface area contributed by atoms with Gasteiger partial charge in [0.05, 0.1) is 10.2 Å². The summed E-state index contributed by atoms with van der Waals surface area (Å²) in [6, 6.07) is 6.73. The number of thioether (sulfide) groups is 1. The van der Waals surface area contributed by atoms with Gasteiger partial charge < -0.3 is 5.32 Å². The van der Waals surface area contributed by atoms with Crippen LogP contribution in [0.2, 0.25) is 5.28 Å². The molecule has 0 saturated heterocycles. The lowest BCUT2D eigenvalue weighted by atomic mass is 10.3. The molecule has 1 N–H and O–H groups in total. The van der Waals surface area contributed by atoms with Crippen molar-refractivity contribution in [3.63, 3.8) is 0 Å². The zero-order valence-electron chi connectivity index (χ0n) is 9.28. The molecule has 3 nitrogen and oxygen atoms in total. The van der Waals surface area contributed by atoms with Crippen LogP contribution in [0.1, 0.15) is 0 Å². The molecule has 100 valence electrons. The summed E-state index contributed by atoms with van der Waals surface area (Å²) in [6.07, 6.45) is 1.49. The van der Waals surface area contributed by atoms with Crippen LogP contribution in [-0.2, 0) is 0 Å². The van der Waals surface area contributed by atoms with Crippen LogP contribution in [0.3, 0.4) is 0 Å². The average Bonchev–Trinajstić information content (AvgIpc) is 2.35. The fraction of sp³-hybridized carbons (Fsp3) is 0.0909. The van der Waals surface area contributed by atoms with Crippen LogP contribution < -0.4 is 5.32 Å². The van der Waals surface area contributed by atoms with Crippen LogP contribution in [0.5, 0.6) is 0 Å². The van der Waals surface area contributed by atoms with Crippen LogP contribution in [0, 0.1) is 0 Å². The molecule has 1 aromatic carbocycles. The van der Waals surface area contributed by atoms with Crippen molar-refractivity contribution in [1.29, 1.82) is 0 Å². The number of nitrogens with one attached hydrogen (secondary N) is 1. The number of para-hydroxylation sites is 1. The molecule has 2 rings (SSSR count). The molecular formula is C11H7BrClF2N3S. The van der Waals surface area contributed by atoms with Crippen molar-refractivity contribution in [2.45, 2.75) is 10.7 Å². The molecule has 19 heavy (non-hydrogen) atoms. The second kappa shape index (κ2) is 6.49. The lowest BCUT2D eigenvalue weighted by Gasteiger charge is -2.11. The van der Waals surface area contributed by atoms with Crippen molar-refractivity contribution >= 4 is 50.8 Å². The molecule has 0 atom stereocenters. The summed E-state index contributed by atoms with van der Waals surface area (Å²) in [5, 5.41) is 3.02. The second-order valence-electron chi connectivity index (χ2n) is 3.34. The van der Waals surface area contributed by atoms with E-state index < -0.39 is 5.76 Å². The maximum Gasteiger partial charge on any atom is 0.288 e. The van der Waals surface area contributed by atoms with Gasteiger partial charge in [0, 0.05) is 11.1 Å². The second-order valence-corrected chi connectivity index (χ2v) is 5.56. The van der Waals surface area contributed by atoms with Crippen molar-refractivity contribution in [2.75, 3.05) is 5.32 Å². The highest BCUT2D eigenvalue weighted by atomic mass is 79.9. The van der Waals surface area contributed by atoms with Crippen molar-refractivity contribution < 1.29 is 8.78 Å². The Morgan fingerprint density at radius 1 is 1.32 bits per heavy atom. The first-order valence-electron chi connectivity index (χ1n) is 5.05. The van der Waals surface area contributed by atoms with Gasteiger partial charge in [0.1, 0.15) is 5.82 Å². The van der Waals surface area contributed by atoms with Crippen LogP contribution in [0.25, 0.3) is 0 Å². The van der Waals surface area contributed by atoms with Gasteiger partial charge in [0.2, 0.25) is 5.28 Å². The highest BCUT2D eigenvalue weighted by molar-refractivity contribution is 9.10. The maximum absolute atomic E-state index is 12.5. The Hall–Kier alpha value is -0.920. The molecule has 0 bridgehead atoms. The standard InChI is InChI=1S/C11H7BrClF2N3S/c12-6-5-16-10(13)18-9(6)17-7-3-1-2-4-8(7)19-11(14)15/h1-5,11H,(H,16,17,18). The number of hydrogen-bond acceptors (Lipinski definition) is 4. The molecule has 1 heterocycles. The fourth-order valence-corrected chi connectivity index (χ4v) is 2.35. The maximum atomic E-state index is 12.5. The number of anilines is 2. The predicted molar refractivity (Wildman–Crippen MR) is 76.3 cm³/mol. The van der Waals surface area contributed by atoms with Crippen LogP contribution in [0.4, 0.5) is 20.3 Å². The molecular weight excluding hydrogens is 360 g/mol. The van der Waals surface area contributed by atoms with Crippen molar-refractivity contribution in [2.24, 2.45) is 0 Å². The zero-order chi connectivity index (χ0) is 13.8. The predicted octanol–water partition coefficient (Wildman–Crippen LogP) is 4.95. The molecule has 0 unspecified atom stereocenters. The highest BCUT2D eigenvalue weighted by Crippen LogP contribution is 2.34. The molecule has 2 aromatic rings. The number of hydrogen-bond donors (Lipinski definition) is 1. The number of aromatic nitrogens is 2. The normalized spacial score (nSPS) is 10.8. The molecule has 0 aliphatic carbocycles. The zero-order valence-corrected chi connectivity index (χ0v) is 12.4. The summed E-state index contributed by atoms with van der Waals surface area (Å²) in [7, 11) is 0. The number of rotatable bonds is 4. The average molecular weight is 367 g/mol. The minimum absolute atomic E-state index is 0.0738. The summed E-state index contributed by atoms with van der Waals surface area (Å²) in [4.78, 5) is 8.21. The minimum Gasteiger partial charge on any atom is -0.338 e. The van der Waals surface area contributed by atoms with Gasteiger partial charge in [0.15, 0.2) is 0 Å². The lowest BCUT2D eigenvalue weighted by Crippen LogP contribution is -1.98. The van der Waals surface area contributed by atoms with Gasteiger partial charge in [-0.2, -0.15) is 13.8 Å². The van der Waals surface area contributed by atoms with E-state index in [-0.39, 0.29) is 5.28 Å². The van der Waals surface area contributed by atoms with E-state index in [9.17, 15) is 8.78 Å². The Kier molecular flexibility index (Phi) is 4.95. The van der Waals surface area contributed by atoms with Gasteiger partial charge in [-0.05, 0) is 39.7 Å². The van der Waals surface area contributed by atoms with Gasteiger partial charge in [-0.1, -0.05) is 23.9 Å². The third-order valence-electron chi connectivity index (χ3n) is 2.07. The molecule has 8 heteroatoms. The van der Waals surface area contributed by atoms with Crippen molar-refractivity contribution in [1.82, 2.24) is 9.97 Å². The van der Waals surface area contributed by atoms with Gasteiger partial charge in [-0.3, -0.25) is 0 Å². The molecule has 0 spiro atoms. The quantitative estimate of drug-likeness (QED) is 0.613. The first-order chi connectivity index (χ1) is 9.06. The van der Waals surface area contributed by atoms with Crippen LogP contribution in [0.15, 0.2) is 39.8 Å². The Balaban J connectivity index is 2.30. The van der Waals surface area contributed by atoms with E-state index in [4.69, 9.17) is 11.6 Å². The molecule has 0 saturated carbocycles. The van der Waals surface area contributed by atoms with E-state index in [1.54, 1.807) is 24.3 Å². The number of nitrogens with zero attached hydrogens (tertiary/aromatic N) is 2. The largest absolute Gasteiger partial charge is 0.338 e. The molecule has 1 aromatic heterocycles. The van der Waals surface area contributed by atoms with Gasteiger partial charge in [-0.15, -0.1) is 0 Å². The first-order valence-corrected chi connectivity index (χ1v) is 7.10. The summed E-state index contributed by atoms with van der Waals surface area (Å²) >= 11 is 9.43. The van der Waals surface area contributed by atoms with E-state index in [1.807, 2.05) is 0 Å². The molecule has 0 fully saturated rings. The third-order valence-corrected chi connectivity index (χ3v) is 3.62. The van der Waals surface area contributed by atoms with E-state index >= 15 is 0 Å². The summed E-state index contributed by atoms with van der Waals surface area (Å²) in [6.45, 7) is 0. The molecule has 0 aliphatic heterocycles. The number of halogens is 4. The minimum atomic E-state index is -2.49. The van der Waals surface area contributed by atoms with Crippen LogP contribution in [-0.4, -0.2) is 15.7 Å². The fourth-order valence-electron chi connectivity index (χ4n) is 1.33. The number of benzene rings is 1. The first kappa shape index (κ1) is 14.5. The lowest BCUT2D eigenvalue weighted by molar-refractivity contribution is 0.252. The summed E-state index contributed by atoms with van der Waals surface area (Å²) < 4.78 is 25.5. The van der Waals surface area contributed by atoms with E-state index in [1.165, 1.54) is 6.20 Å². The van der Waals surface area contributed by atoms with Crippen molar-refractivity contribution in [3.05, 3.63) is 40.2 Å². The van der Waals surface area contributed by atoms with E-state index in [2.05, 4.69) is 31.2 Å². The third kappa shape index (κ3) is 4.02.